The molecule has 7 heteroatoms. The number of aromatic nitrogens is 1. The number of hydrogen-bond donors (Lipinski definition) is 2. The summed E-state index contributed by atoms with van der Waals surface area (Å²) in [5, 5.41) is 8.54. The van der Waals surface area contributed by atoms with Crippen molar-refractivity contribution < 1.29 is 23.1 Å². The Morgan fingerprint density at radius 2 is 2.13 bits per heavy atom. The van der Waals surface area contributed by atoms with Crippen molar-refractivity contribution in [2.45, 2.75) is 12.2 Å². The Hall–Kier alpha value is -1.63. The van der Waals surface area contributed by atoms with Gasteiger partial charge in [-0.25, -0.2) is 4.79 Å². The maximum atomic E-state index is 12.2. The molecule has 0 spiro atoms. The number of carboxylic acids is 1. The molecule has 0 aliphatic heterocycles. The number of aromatic carboxylic acids is 1. The molecular formula is C8H7F3N2O2. The number of pyridine rings is 1. The van der Waals surface area contributed by atoms with Crippen LogP contribution in [0, 0.1) is 0 Å². The van der Waals surface area contributed by atoms with Gasteiger partial charge in [0.25, 0.3) is 0 Å². The van der Waals surface area contributed by atoms with E-state index in [0.717, 1.165) is 18.3 Å². The predicted molar refractivity (Wildman–Crippen MR) is 44.2 cm³/mol. The van der Waals surface area contributed by atoms with Crippen LogP contribution in [0.15, 0.2) is 18.3 Å². The monoisotopic (exact) mass is 220 g/mol. The van der Waals surface area contributed by atoms with Crippen molar-refractivity contribution in [2.24, 2.45) is 5.73 Å². The van der Waals surface area contributed by atoms with Crippen LogP contribution in [-0.2, 0) is 0 Å². The third-order valence-corrected chi connectivity index (χ3v) is 1.70. The summed E-state index contributed by atoms with van der Waals surface area (Å²) in [5.41, 5.74) is 4.07. The molecule has 0 aliphatic carbocycles. The molecule has 1 aromatic rings. The molecule has 0 saturated heterocycles. The third kappa shape index (κ3) is 2.66. The average Bonchev–Trinajstić information content (AvgIpc) is 2.15. The van der Waals surface area contributed by atoms with Gasteiger partial charge in [-0.2, -0.15) is 13.2 Å². The summed E-state index contributed by atoms with van der Waals surface area (Å²) in [6.45, 7) is 0. The fourth-order valence-corrected chi connectivity index (χ4v) is 0.919. The van der Waals surface area contributed by atoms with E-state index in [1.807, 2.05) is 0 Å². The summed E-state index contributed by atoms with van der Waals surface area (Å²) >= 11 is 0. The Morgan fingerprint density at radius 1 is 1.53 bits per heavy atom. The Kier molecular flexibility index (Phi) is 2.94. The molecule has 1 unspecified atom stereocenters. The van der Waals surface area contributed by atoms with Crippen molar-refractivity contribution in [3.8, 4) is 0 Å². The van der Waals surface area contributed by atoms with Crippen molar-refractivity contribution in [1.29, 1.82) is 0 Å². The molecule has 1 heterocycles. The van der Waals surface area contributed by atoms with E-state index < -0.39 is 23.9 Å². The molecular weight excluding hydrogens is 213 g/mol. The zero-order valence-corrected chi connectivity index (χ0v) is 7.32. The number of nitrogens with two attached hydrogens (primary N) is 1. The summed E-state index contributed by atoms with van der Waals surface area (Å²) in [4.78, 5) is 13.9. The van der Waals surface area contributed by atoms with E-state index in [4.69, 9.17) is 10.8 Å². The molecule has 15 heavy (non-hydrogen) atoms. The first-order chi connectivity index (χ1) is 6.82. The maximum absolute atomic E-state index is 12.2. The Bertz CT molecular complexity index is 378. The van der Waals surface area contributed by atoms with E-state index in [2.05, 4.69) is 4.98 Å². The molecule has 0 saturated carbocycles. The van der Waals surface area contributed by atoms with E-state index in [9.17, 15) is 18.0 Å². The smallest absolute Gasteiger partial charge is 0.409 e. The molecule has 0 aliphatic rings. The Labute approximate surface area is 82.5 Å². The molecule has 1 atom stereocenters. The average molecular weight is 220 g/mol. The van der Waals surface area contributed by atoms with Crippen LogP contribution < -0.4 is 5.73 Å². The third-order valence-electron chi connectivity index (χ3n) is 1.70. The van der Waals surface area contributed by atoms with Gasteiger partial charge in [-0.3, -0.25) is 4.98 Å². The lowest BCUT2D eigenvalue weighted by Crippen LogP contribution is -2.29. The molecule has 0 fully saturated rings. The Morgan fingerprint density at radius 3 is 2.60 bits per heavy atom. The van der Waals surface area contributed by atoms with Crippen molar-refractivity contribution in [2.75, 3.05) is 0 Å². The van der Waals surface area contributed by atoms with Crippen LogP contribution in [0.2, 0.25) is 0 Å². The highest BCUT2D eigenvalue weighted by Crippen LogP contribution is 2.29. The van der Waals surface area contributed by atoms with Gasteiger partial charge < -0.3 is 10.8 Å². The second-order valence-electron chi connectivity index (χ2n) is 2.79. The first kappa shape index (κ1) is 11.4. The van der Waals surface area contributed by atoms with Crippen LogP contribution in [-0.4, -0.2) is 22.2 Å². The molecule has 82 valence electrons. The summed E-state index contributed by atoms with van der Waals surface area (Å²) in [6, 6.07) is -0.369. The second kappa shape index (κ2) is 3.85. The number of hydrogen-bond acceptors (Lipinski definition) is 3. The van der Waals surface area contributed by atoms with E-state index in [-0.39, 0.29) is 5.56 Å². The van der Waals surface area contributed by atoms with E-state index in [0.29, 0.717) is 0 Å². The Balaban J connectivity index is 3.06. The highest BCUT2D eigenvalue weighted by atomic mass is 19.4. The molecule has 0 radical (unpaired) electrons. The van der Waals surface area contributed by atoms with Crippen LogP contribution in [0.25, 0.3) is 0 Å². The van der Waals surface area contributed by atoms with Gasteiger partial charge in [-0.1, -0.05) is 0 Å². The summed E-state index contributed by atoms with van der Waals surface area (Å²) in [7, 11) is 0. The van der Waals surface area contributed by atoms with Gasteiger partial charge in [-0.05, 0) is 12.1 Å². The van der Waals surface area contributed by atoms with Gasteiger partial charge in [0.2, 0.25) is 0 Å². The van der Waals surface area contributed by atoms with Gasteiger partial charge in [0.15, 0.2) is 0 Å². The molecule has 1 rings (SSSR count). The first-order valence-electron chi connectivity index (χ1n) is 3.84. The number of carbonyl (C=O) groups is 1. The van der Waals surface area contributed by atoms with E-state index >= 15 is 0 Å². The predicted octanol–water partition coefficient (Wildman–Crippen LogP) is 1.34. The maximum Gasteiger partial charge on any atom is 0.409 e. The van der Waals surface area contributed by atoms with Crippen LogP contribution in [0.5, 0.6) is 0 Å². The van der Waals surface area contributed by atoms with Crippen molar-refractivity contribution in [1.82, 2.24) is 4.98 Å². The second-order valence-corrected chi connectivity index (χ2v) is 2.79. The molecule has 4 nitrogen and oxygen atoms in total. The number of nitrogens with zero attached hydrogens (tertiary/aromatic N) is 1. The largest absolute Gasteiger partial charge is 0.478 e. The summed E-state index contributed by atoms with van der Waals surface area (Å²) in [5.74, 6) is -1.33. The van der Waals surface area contributed by atoms with Crippen LogP contribution in [0.4, 0.5) is 13.2 Å². The lowest BCUT2D eigenvalue weighted by atomic mass is 10.1. The van der Waals surface area contributed by atoms with Crippen molar-refractivity contribution in [3.63, 3.8) is 0 Å². The van der Waals surface area contributed by atoms with E-state index in [1.54, 1.807) is 0 Å². The lowest BCUT2D eigenvalue weighted by molar-refractivity contribution is -0.150. The number of carboxylic acid groups (broad SMARTS) is 1. The highest BCUT2D eigenvalue weighted by molar-refractivity contribution is 5.87. The normalized spacial score (nSPS) is 13.6. The van der Waals surface area contributed by atoms with Crippen molar-refractivity contribution in [3.05, 3.63) is 29.6 Å². The molecule has 0 amide bonds. The lowest BCUT2D eigenvalue weighted by Gasteiger charge is -2.14. The topological polar surface area (TPSA) is 76.2 Å². The minimum atomic E-state index is -4.63. The standard InChI is InChI=1S/C8H7F3N2O2/c9-8(10,11)6(12)5-3-4(7(14)15)1-2-13-5/h1-3,6H,12H2,(H,14,15). The van der Waals surface area contributed by atoms with Crippen LogP contribution in [0.3, 0.4) is 0 Å². The fraction of sp³-hybridized carbons (Fsp3) is 0.250. The van der Waals surface area contributed by atoms with Gasteiger partial charge in [0.05, 0.1) is 11.3 Å². The molecule has 0 bridgehead atoms. The summed E-state index contributed by atoms with van der Waals surface area (Å²) in [6.07, 6.45) is -3.66. The van der Waals surface area contributed by atoms with Gasteiger partial charge in [-0.15, -0.1) is 0 Å². The van der Waals surface area contributed by atoms with Gasteiger partial charge in [0.1, 0.15) is 6.04 Å². The minimum absolute atomic E-state index is 0.278. The molecule has 1 aromatic heterocycles. The van der Waals surface area contributed by atoms with E-state index in [1.165, 1.54) is 0 Å². The zero-order valence-electron chi connectivity index (χ0n) is 7.32. The van der Waals surface area contributed by atoms with Crippen LogP contribution in [0.1, 0.15) is 22.1 Å². The van der Waals surface area contributed by atoms with Gasteiger partial charge in [0, 0.05) is 6.20 Å². The summed E-state index contributed by atoms with van der Waals surface area (Å²) < 4.78 is 36.5. The number of rotatable bonds is 2. The minimum Gasteiger partial charge on any atom is -0.478 e. The number of alkyl halides is 3. The number of halogens is 3. The zero-order chi connectivity index (χ0) is 11.6. The van der Waals surface area contributed by atoms with Crippen molar-refractivity contribution >= 4 is 5.97 Å². The molecule has 0 aromatic carbocycles. The molecule has 3 N–H and O–H groups in total. The van der Waals surface area contributed by atoms with Gasteiger partial charge >= 0.3 is 12.1 Å². The SMILES string of the molecule is NC(c1cc(C(=O)O)ccn1)C(F)(F)F. The first-order valence-corrected chi connectivity index (χ1v) is 3.84. The highest BCUT2D eigenvalue weighted by Gasteiger charge is 2.38. The fourth-order valence-electron chi connectivity index (χ4n) is 0.919. The van der Waals surface area contributed by atoms with Crippen LogP contribution >= 0.6 is 0 Å². The quantitative estimate of drug-likeness (QED) is 0.788.